The SMILES string of the molecule is O=C1c2cccc(-n3c4ccccc4c4ccc(-c5cccnc5)cc43)c2C(=O)N1c1ccccc1-c1ccccc1. The molecule has 0 saturated heterocycles. The van der Waals surface area contributed by atoms with E-state index in [1.165, 1.54) is 4.90 Å². The highest BCUT2D eigenvalue weighted by Crippen LogP contribution is 2.40. The van der Waals surface area contributed by atoms with Crippen molar-refractivity contribution in [3.05, 3.63) is 151 Å². The number of anilines is 1. The molecule has 42 heavy (non-hydrogen) atoms. The molecular weight excluding hydrogens is 518 g/mol. The Labute approximate surface area is 241 Å². The number of para-hydroxylation sites is 2. The Morgan fingerprint density at radius 2 is 1.21 bits per heavy atom. The summed E-state index contributed by atoms with van der Waals surface area (Å²) in [6.07, 6.45) is 3.61. The summed E-state index contributed by atoms with van der Waals surface area (Å²) < 4.78 is 2.11. The quantitative estimate of drug-likeness (QED) is 0.211. The number of imide groups is 1. The van der Waals surface area contributed by atoms with Crippen molar-refractivity contribution in [3.63, 3.8) is 0 Å². The largest absolute Gasteiger partial charge is 0.308 e. The lowest BCUT2D eigenvalue weighted by Gasteiger charge is -2.18. The van der Waals surface area contributed by atoms with Crippen LogP contribution >= 0.6 is 0 Å². The maximum atomic E-state index is 14.4. The Hall–Kier alpha value is -5.81. The first-order valence-corrected chi connectivity index (χ1v) is 13.8. The number of aromatic nitrogens is 2. The number of rotatable bonds is 4. The van der Waals surface area contributed by atoms with Crippen LogP contribution in [0.3, 0.4) is 0 Å². The van der Waals surface area contributed by atoms with E-state index in [9.17, 15) is 9.59 Å². The Morgan fingerprint density at radius 3 is 2.07 bits per heavy atom. The van der Waals surface area contributed by atoms with Gasteiger partial charge in [-0.3, -0.25) is 14.6 Å². The molecule has 7 aromatic rings. The van der Waals surface area contributed by atoms with E-state index in [1.54, 1.807) is 12.3 Å². The van der Waals surface area contributed by atoms with Gasteiger partial charge in [0.15, 0.2) is 0 Å². The van der Waals surface area contributed by atoms with Gasteiger partial charge in [0.25, 0.3) is 11.8 Å². The maximum absolute atomic E-state index is 14.4. The molecule has 0 atom stereocenters. The minimum absolute atomic E-state index is 0.322. The molecule has 0 radical (unpaired) electrons. The normalized spacial score (nSPS) is 12.8. The first kappa shape index (κ1) is 24.0. The van der Waals surface area contributed by atoms with Crippen molar-refractivity contribution in [3.8, 4) is 27.9 Å². The number of amides is 2. The van der Waals surface area contributed by atoms with Crippen molar-refractivity contribution < 1.29 is 9.59 Å². The highest BCUT2D eigenvalue weighted by molar-refractivity contribution is 6.36. The maximum Gasteiger partial charge on any atom is 0.268 e. The van der Waals surface area contributed by atoms with Crippen molar-refractivity contribution in [1.82, 2.24) is 9.55 Å². The van der Waals surface area contributed by atoms with E-state index in [0.717, 1.165) is 44.1 Å². The van der Waals surface area contributed by atoms with E-state index in [1.807, 2.05) is 97.2 Å². The molecule has 2 aromatic heterocycles. The van der Waals surface area contributed by atoms with Crippen molar-refractivity contribution in [2.24, 2.45) is 0 Å². The predicted molar refractivity (Wildman–Crippen MR) is 167 cm³/mol. The topological polar surface area (TPSA) is 55.2 Å². The molecule has 0 saturated carbocycles. The van der Waals surface area contributed by atoms with Crippen LogP contribution in [-0.2, 0) is 0 Å². The van der Waals surface area contributed by atoms with Gasteiger partial charge in [0.05, 0.1) is 33.5 Å². The molecular formula is C37H23N3O2. The van der Waals surface area contributed by atoms with E-state index >= 15 is 0 Å². The Balaban J connectivity index is 1.36. The minimum atomic E-state index is -0.330. The number of benzene rings is 5. The summed E-state index contributed by atoms with van der Waals surface area (Å²) in [6.45, 7) is 0. The third kappa shape index (κ3) is 3.54. The molecule has 0 fully saturated rings. The Bertz CT molecular complexity index is 2180. The smallest absolute Gasteiger partial charge is 0.268 e. The Morgan fingerprint density at radius 1 is 0.500 bits per heavy atom. The molecule has 5 nitrogen and oxygen atoms in total. The predicted octanol–water partition coefficient (Wildman–Crippen LogP) is 8.31. The molecule has 0 aliphatic carbocycles. The van der Waals surface area contributed by atoms with Crippen molar-refractivity contribution in [1.29, 1.82) is 0 Å². The summed E-state index contributed by atoms with van der Waals surface area (Å²) in [4.78, 5) is 33.9. The zero-order valence-corrected chi connectivity index (χ0v) is 22.4. The summed E-state index contributed by atoms with van der Waals surface area (Å²) in [5, 5.41) is 2.14. The molecule has 2 amide bonds. The lowest BCUT2D eigenvalue weighted by molar-refractivity contribution is 0.0926. The second-order valence-electron chi connectivity index (χ2n) is 10.4. The summed E-state index contributed by atoms with van der Waals surface area (Å²) in [6, 6.07) is 41.4. The zero-order valence-electron chi connectivity index (χ0n) is 22.4. The molecule has 0 N–H and O–H groups in total. The molecule has 1 aliphatic heterocycles. The van der Waals surface area contributed by atoms with Gasteiger partial charge >= 0.3 is 0 Å². The molecule has 0 bridgehead atoms. The van der Waals surface area contributed by atoms with Crippen LogP contribution in [0.2, 0.25) is 0 Å². The molecule has 5 heteroatoms. The highest BCUT2D eigenvalue weighted by Gasteiger charge is 2.40. The van der Waals surface area contributed by atoms with Crippen LogP contribution in [0.5, 0.6) is 0 Å². The zero-order chi connectivity index (χ0) is 28.2. The molecule has 0 spiro atoms. The Kier molecular flexibility index (Phi) is 5.37. The minimum Gasteiger partial charge on any atom is -0.308 e. The summed E-state index contributed by atoms with van der Waals surface area (Å²) in [5.41, 5.74) is 7.76. The van der Waals surface area contributed by atoms with Crippen LogP contribution in [0.4, 0.5) is 5.69 Å². The van der Waals surface area contributed by atoms with E-state index < -0.39 is 0 Å². The average molecular weight is 542 g/mol. The van der Waals surface area contributed by atoms with Gasteiger partial charge in [0.1, 0.15) is 0 Å². The van der Waals surface area contributed by atoms with Gasteiger partial charge in [0, 0.05) is 34.3 Å². The number of nitrogens with zero attached hydrogens (tertiary/aromatic N) is 3. The fourth-order valence-electron chi connectivity index (χ4n) is 6.15. The van der Waals surface area contributed by atoms with Gasteiger partial charge in [-0.1, -0.05) is 91.0 Å². The average Bonchev–Trinajstić information content (AvgIpc) is 3.52. The lowest BCUT2D eigenvalue weighted by Crippen LogP contribution is -2.30. The summed E-state index contributed by atoms with van der Waals surface area (Å²) in [5.74, 6) is -0.652. The number of carbonyl (C=O) groups is 2. The van der Waals surface area contributed by atoms with Crippen LogP contribution in [-0.4, -0.2) is 21.4 Å². The summed E-state index contributed by atoms with van der Waals surface area (Å²) >= 11 is 0. The van der Waals surface area contributed by atoms with Gasteiger partial charge in [-0.25, -0.2) is 4.90 Å². The van der Waals surface area contributed by atoms with Gasteiger partial charge in [0.2, 0.25) is 0 Å². The monoisotopic (exact) mass is 541 g/mol. The van der Waals surface area contributed by atoms with E-state index in [-0.39, 0.29) is 11.8 Å². The standard InChI is InChI=1S/C37H23N3O2/c41-36-30-15-8-18-33(35(30)37(42)40(36)31-16-6-4-13-27(31)24-10-2-1-3-11-24)39-32-17-7-5-14-28(32)29-20-19-25(22-34(29)39)26-12-9-21-38-23-26/h1-23H. The van der Waals surface area contributed by atoms with E-state index in [0.29, 0.717) is 22.5 Å². The molecule has 5 aromatic carbocycles. The number of fused-ring (bicyclic) bond motifs is 4. The third-order valence-corrected chi connectivity index (χ3v) is 8.03. The van der Waals surface area contributed by atoms with E-state index in [2.05, 4.69) is 39.9 Å². The first-order chi connectivity index (χ1) is 20.7. The van der Waals surface area contributed by atoms with Crippen molar-refractivity contribution >= 4 is 39.3 Å². The number of hydrogen-bond acceptors (Lipinski definition) is 3. The second-order valence-corrected chi connectivity index (χ2v) is 10.4. The van der Waals surface area contributed by atoms with Crippen molar-refractivity contribution in [2.75, 3.05) is 4.90 Å². The van der Waals surface area contributed by atoms with Gasteiger partial charge in [-0.2, -0.15) is 0 Å². The van der Waals surface area contributed by atoms with Crippen LogP contribution in [0, 0.1) is 0 Å². The van der Waals surface area contributed by atoms with Gasteiger partial charge in [-0.15, -0.1) is 0 Å². The van der Waals surface area contributed by atoms with Crippen molar-refractivity contribution in [2.45, 2.75) is 0 Å². The van der Waals surface area contributed by atoms with Crippen LogP contribution in [0.15, 0.2) is 140 Å². The molecule has 8 rings (SSSR count). The van der Waals surface area contributed by atoms with Crippen LogP contribution < -0.4 is 4.90 Å². The third-order valence-electron chi connectivity index (χ3n) is 8.03. The lowest BCUT2D eigenvalue weighted by atomic mass is 10.0. The number of hydrogen-bond donors (Lipinski definition) is 0. The second kappa shape index (κ2) is 9.39. The first-order valence-electron chi connectivity index (χ1n) is 13.8. The molecule has 0 unspecified atom stereocenters. The fourth-order valence-corrected chi connectivity index (χ4v) is 6.15. The number of carbonyl (C=O) groups excluding carboxylic acids is 2. The van der Waals surface area contributed by atoms with Crippen LogP contribution in [0.25, 0.3) is 49.7 Å². The molecule has 198 valence electrons. The fraction of sp³-hybridized carbons (Fsp3) is 0. The van der Waals surface area contributed by atoms with Gasteiger partial charge in [-0.05, 0) is 47.5 Å². The molecule has 3 heterocycles. The van der Waals surface area contributed by atoms with Gasteiger partial charge < -0.3 is 4.57 Å². The van der Waals surface area contributed by atoms with E-state index in [4.69, 9.17) is 0 Å². The van der Waals surface area contributed by atoms with Crippen LogP contribution in [0.1, 0.15) is 20.7 Å². The number of pyridine rings is 1. The summed E-state index contributed by atoms with van der Waals surface area (Å²) in [7, 11) is 0. The molecule has 1 aliphatic rings. The highest BCUT2D eigenvalue weighted by atomic mass is 16.2.